The maximum Gasteiger partial charge on any atom is 0.253 e. The van der Waals surface area contributed by atoms with Crippen LogP contribution in [-0.2, 0) is 6.42 Å². The summed E-state index contributed by atoms with van der Waals surface area (Å²) in [7, 11) is 0. The Hall–Kier alpha value is -2.76. The zero-order chi connectivity index (χ0) is 19.8. The van der Waals surface area contributed by atoms with Crippen molar-refractivity contribution in [2.45, 2.75) is 51.0 Å². The smallest absolute Gasteiger partial charge is 0.253 e. The number of aromatic nitrogens is 1. The molecule has 0 unspecified atom stereocenters. The van der Waals surface area contributed by atoms with Crippen LogP contribution in [0.4, 0.5) is 4.39 Å². The Kier molecular flexibility index (Phi) is 7.12. The molecule has 1 aliphatic carbocycles. The van der Waals surface area contributed by atoms with Gasteiger partial charge in [0.1, 0.15) is 5.82 Å². The van der Waals surface area contributed by atoms with Gasteiger partial charge in [0.05, 0.1) is 11.1 Å². The summed E-state index contributed by atoms with van der Waals surface area (Å²) in [5.74, 6) is -0.802. The Morgan fingerprint density at radius 3 is 2.39 bits per heavy atom. The molecular weight excluding hydrogens is 357 g/mol. The van der Waals surface area contributed by atoms with Crippen molar-refractivity contribution < 1.29 is 14.0 Å². The van der Waals surface area contributed by atoms with E-state index in [1.165, 1.54) is 31.3 Å². The van der Waals surface area contributed by atoms with Gasteiger partial charge in [0.25, 0.3) is 11.8 Å². The molecule has 0 spiro atoms. The van der Waals surface area contributed by atoms with Crippen LogP contribution >= 0.6 is 0 Å². The highest BCUT2D eigenvalue weighted by molar-refractivity contribution is 5.99. The van der Waals surface area contributed by atoms with E-state index < -0.39 is 0 Å². The van der Waals surface area contributed by atoms with E-state index in [4.69, 9.17) is 0 Å². The van der Waals surface area contributed by atoms with E-state index in [2.05, 4.69) is 15.6 Å². The summed E-state index contributed by atoms with van der Waals surface area (Å²) >= 11 is 0. The molecule has 6 heteroatoms. The van der Waals surface area contributed by atoms with Gasteiger partial charge in [0.15, 0.2) is 0 Å². The molecule has 1 aliphatic rings. The highest BCUT2D eigenvalue weighted by Crippen LogP contribution is 2.17. The normalized spacial score (nSPS) is 14.9. The molecule has 2 N–H and O–H groups in total. The lowest BCUT2D eigenvalue weighted by atomic mass is 10.1. The molecule has 1 aromatic heterocycles. The fourth-order valence-electron chi connectivity index (χ4n) is 3.49. The first-order chi connectivity index (χ1) is 13.6. The molecule has 2 amide bonds. The van der Waals surface area contributed by atoms with Crippen molar-refractivity contribution >= 4 is 11.8 Å². The van der Waals surface area contributed by atoms with E-state index in [0.29, 0.717) is 29.7 Å². The second-order valence-corrected chi connectivity index (χ2v) is 7.22. The first-order valence-electron chi connectivity index (χ1n) is 9.91. The van der Waals surface area contributed by atoms with Gasteiger partial charge < -0.3 is 10.6 Å². The van der Waals surface area contributed by atoms with E-state index in [1.54, 1.807) is 24.3 Å². The van der Waals surface area contributed by atoms with Crippen molar-refractivity contribution in [2.24, 2.45) is 0 Å². The van der Waals surface area contributed by atoms with Crippen LogP contribution in [0.5, 0.6) is 0 Å². The third kappa shape index (κ3) is 5.62. The molecule has 3 rings (SSSR count). The Bertz CT molecular complexity index is 817. The number of hydrogen-bond acceptors (Lipinski definition) is 3. The van der Waals surface area contributed by atoms with E-state index >= 15 is 0 Å². The standard InChI is InChI=1S/C22H26FN3O2/c23-20-10-6-5-7-16(20)11-12-25-21(27)17-13-18(15-24-14-17)22(28)26-19-8-3-1-2-4-9-19/h5-7,10,13-15,19H,1-4,8-9,11-12H2,(H,25,27)(H,26,28). The lowest BCUT2D eigenvalue weighted by Crippen LogP contribution is -2.34. The van der Waals surface area contributed by atoms with Gasteiger partial charge in [-0.3, -0.25) is 14.6 Å². The zero-order valence-corrected chi connectivity index (χ0v) is 15.9. The molecule has 148 valence electrons. The predicted molar refractivity (Wildman–Crippen MR) is 106 cm³/mol. The van der Waals surface area contributed by atoms with Crippen molar-refractivity contribution in [1.29, 1.82) is 0 Å². The maximum absolute atomic E-state index is 13.6. The van der Waals surface area contributed by atoms with Gasteiger partial charge in [-0.15, -0.1) is 0 Å². The van der Waals surface area contributed by atoms with Crippen LogP contribution in [0.15, 0.2) is 42.7 Å². The van der Waals surface area contributed by atoms with Gasteiger partial charge in [0.2, 0.25) is 0 Å². The summed E-state index contributed by atoms with van der Waals surface area (Å²) < 4.78 is 13.6. The molecule has 1 aromatic carbocycles. The minimum absolute atomic E-state index is 0.188. The van der Waals surface area contributed by atoms with Gasteiger partial charge in [0, 0.05) is 25.0 Å². The van der Waals surface area contributed by atoms with Crippen molar-refractivity contribution in [3.8, 4) is 0 Å². The van der Waals surface area contributed by atoms with E-state index in [-0.39, 0.29) is 23.7 Å². The molecule has 1 saturated carbocycles. The van der Waals surface area contributed by atoms with Gasteiger partial charge in [-0.2, -0.15) is 0 Å². The molecule has 2 aromatic rings. The highest BCUT2D eigenvalue weighted by atomic mass is 19.1. The Labute approximate surface area is 164 Å². The third-order valence-corrected chi connectivity index (χ3v) is 5.09. The topological polar surface area (TPSA) is 71.1 Å². The molecule has 0 aliphatic heterocycles. The van der Waals surface area contributed by atoms with Crippen LogP contribution in [-0.4, -0.2) is 29.4 Å². The molecule has 0 atom stereocenters. The number of benzene rings is 1. The number of carbonyl (C=O) groups is 2. The Balaban J connectivity index is 1.55. The first-order valence-corrected chi connectivity index (χ1v) is 9.91. The first kappa shape index (κ1) is 20.0. The molecule has 5 nitrogen and oxygen atoms in total. The number of rotatable bonds is 6. The van der Waals surface area contributed by atoms with Crippen LogP contribution in [0.1, 0.15) is 64.8 Å². The monoisotopic (exact) mass is 383 g/mol. The third-order valence-electron chi connectivity index (χ3n) is 5.09. The average molecular weight is 383 g/mol. The Morgan fingerprint density at radius 2 is 1.68 bits per heavy atom. The molecular formula is C22H26FN3O2. The summed E-state index contributed by atoms with van der Waals surface area (Å²) in [6.07, 6.45) is 10.00. The molecule has 0 radical (unpaired) electrons. The number of nitrogens with one attached hydrogen (secondary N) is 2. The quantitative estimate of drug-likeness (QED) is 0.748. The summed E-state index contributed by atoms with van der Waals surface area (Å²) in [5.41, 5.74) is 1.26. The number of nitrogens with zero attached hydrogens (tertiary/aromatic N) is 1. The minimum Gasteiger partial charge on any atom is -0.352 e. The zero-order valence-electron chi connectivity index (χ0n) is 15.9. The summed E-state index contributed by atoms with van der Waals surface area (Å²) in [4.78, 5) is 28.9. The number of halogens is 1. The highest BCUT2D eigenvalue weighted by Gasteiger charge is 2.17. The number of pyridine rings is 1. The summed E-state index contributed by atoms with van der Waals surface area (Å²) in [6, 6.07) is 8.24. The van der Waals surface area contributed by atoms with Gasteiger partial charge in [-0.25, -0.2) is 4.39 Å². The summed E-state index contributed by atoms with van der Waals surface area (Å²) in [6.45, 7) is 0.304. The minimum atomic E-state index is -0.326. The maximum atomic E-state index is 13.6. The van der Waals surface area contributed by atoms with E-state index in [0.717, 1.165) is 25.7 Å². The number of carbonyl (C=O) groups excluding carboxylic acids is 2. The van der Waals surface area contributed by atoms with Gasteiger partial charge in [-0.1, -0.05) is 43.9 Å². The van der Waals surface area contributed by atoms with Gasteiger partial charge >= 0.3 is 0 Å². The second-order valence-electron chi connectivity index (χ2n) is 7.22. The van der Waals surface area contributed by atoms with Crippen LogP contribution in [0.3, 0.4) is 0 Å². The van der Waals surface area contributed by atoms with Crippen LogP contribution < -0.4 is 10.6 Å². The van der Waals surface area contributed by atoms with Crippen LogP contribution in [0, 0.1) is 5.82 Å². The van der Waals surface area contributed by atoms with E-state index in [1.807, 2.05) is 0 Å². The molecule has 1 heterocycles. The summed E-state index contributed by atoms with van der Waals surface area (Å²) in [5, 5.41) is 5.81. The average Bonchev–Trinajstić information content (AvgIpc) is 2.98. The van der Waals surface area contributed by atoms with Crippen molar-refractivity contribution in [3.05, 3.63) is 65.2 Å². The molecule has 1 fully saturated rings. The fraction of sp³-hybridized carbons (Fsp3) is 0.409. The fourth-order valence-corrected chi connectivity index (χ4v) is 3.49. The SMILES string of the molecule is O=C(NCCc1ccccc1F)c1cncc(C(=O)NC2CCCCCC2)c1. The van der Waals surface area contributed by atoms with E-state index in [9.17, 15) is 14.0 Å². The van der Waals surface area contributed by atoms with Crippen LogP contribution in [0.25, 0.3) is 0 Å². The molecule has 28 heavy (non-hydrogen) atoms. The second kappa shape index (κ2) is 9.97. The lowest BCUT2D eigenvalue weighted by molar-refractivity contribution is 0.0933. The largest absolute Gasteiger partial charge is 0.352 e. The lowest BCUT2D eigenvalue weighted by Gasteiger charge is -2.16. The van der Waals surface area contributed by atoms with Crippen molar-refractivity contribution in [2.75, 3.05) is 6.54 Å². The van der Waals surface area contributed by atoms with Crippen LogP contribution in [0.2, 0.25) is 0 Å². The predicted octanol–water partition coefficient (Wildman–Crippen LogP) is 3.65. The molecule has 0 bridgehead atoms. The van der Waals surface area contributed by atoms with Crippen molar-refractivity contribution in [1.82, 2.24) is 15.6 Å². The Morgan fingerprint density at radius 1 is 1.00 bits per heavy atom. The van der Waals surface area contributed by atoms with Crippen molar-refractivity contribution in [3.63, 3.8) is 0 Å². The van der Waals surface area contributed by atoms with Gasteiger partial charge in [-0.05, 0) is 37.0 Å². The number of amides is 2. The number of hydrogen-bond donors (Lipinski definition) is 2. The molecule has 0 saturated heterocycles.